The SMILES string of the molecule is COc1cccc(/C=C/C(=O)OCC(=O)Nc2ccc(-c3ccccc3)cc2)c1OC. The summed E-state index contributed by atoms with van der Waals surface area (Å²) in [6.07, 6.45) is 2.78. The van der Waals surface area contributed by atoms with E-state index in [2.05, 4.69) is 5.32 Å². The molecule has 1 amide bonds. The third-order valence-corrected chi connectivity index (χ3v) is 4.45. The number of amides is 1. The second kappa shape index (κ2) is 10.6. The highest BCUT2D eigenvalue weighted by Gasteiger charge is 2.09. The van der Waals surface area contributed by atoms with Crippen molar-refractivity contribution >= 4 is 23.6 Å². The van der Waals surface area contributed by atoms with E-state index in [4.69, 9.17) is 14.2 Å². The molecule has 0 aliphatic rings. The van der Waals surface area contributed by atoms with Crippen LogP contribution < -0.4 is 14.8 Å². The second-order valence-corrected chi connectivity index (χ2v) is 6.52. The molecule has 0 unspecified atom stereocenters. The van der Waals surface area contributed by atoms with Crippen LogP contribution in [0.25, 0.3) is 17.2 Å². The Morgan fingerprint density at radius 2 is 1.55 bits per heavy atom. The number of anilines is 1. The van der Waals surface area contributed by atoms with Crippen molar-refractivity contribution in [2.45, 2.75) is 0 Å². The predicted molar refractivity (Wildman–Crippen MR) is 120 cm³/mol. The van der Waals surface area contributed by atoms with Crippen LogP contribution in [0.1, 0.15) is 5.56 Å². The smallest absolute Gasteiger partial charge is 0.331 e. The Kier molecular flexibility index (Phi) is 7.43. The molecule has 6 heteroatoms. The van der Waals surface area contributed by atoms with Crippen LogP contribution in [0.2, 0.25) is 0 Å². The van der Waals surface area contributed by atoms with Crippen molar-refractivity contribution in [3.05, 3.63) is 84.4 Å². The topological polar surface area (TPSA) is 73.9 Å². The summed E-state index contributed by atoms with van der Waals surface area (Å²) in [5, 5.41) is 2.71. The fourth-order valence-electron chi connectivity index (χ4n) is 2.96. The largest absolute Gasteiger partial charge is 0.493 e. The first-order valence-corrected chi connectivity index (χ1v) is 9.62. The molecule has 31 heavy (non-hydrogen) atoms. The Bertz CT molecular complexity index is 1060. The van der Waals surface area contributed by atoms with E-state index in [1.807, 2.05) is 42.5 Å². The number of carbonyl (C=O) groups is 2. The van der Waals surface area contributed by atoms with E-state index in [1.54, 1.807) is 36.4 Å². The normalized spacial score (nSPS) is 10.5. The molecule has 0 heterocycles. The van der Waals surface area contributed by atoms with E-state index in [-0.39, 0.29) is 0 Å². The van der Waals surface area contributed by atoms with E-state index in [1.165, 1.54) is 20.3 Å². The average molecular weight is 417 g/mol. The molecular formula is C25H23NO5. The van der Waals surface area contributed by atoms with Gasteiger partial charge in [0.15, 0.2) is 18.1 Å². The number of carbonyl (C=O) groups excluding carboxylic acids is 2. The Hall–Kier alpha value is -4.06. The number of benzene rings is 3. The molecule has 0 fully saturated rings. The van der Waals surface area contributed by atoms with Crippen LogP contribution in [0, 0.1) is 0 Å². The lowest BCUT2D eigenvalue weighted by molar-refractivity contribution is -0.142. The molecule has 3 aromatic carbocycles. The third-order valence-electron chi connectivity index (χ3n) is 4.45. The van der Waals surface area contributed by atoms with Gasteiger partial charge in [0.05, 0.1) is 14.2 Å². The van der Waals surface area contributed by atoms with Crippen molar-refractivity contribution in [1.29, 1.82) is 0 Å². The molecule has 158 valence electrons. The zero-order valence-electron chi connectivity index (χ0n) is 17.3. The van der Waals surface area contributed by atoms with Crippen molar-refractivity contribution in [3.63, 3.8) is 0 Å². The van der Waals surface area contributed by atoms with Crippen LogP contribution in [-0.4, -0.2) is 32.7 Å². The zero-order chi connectivity index (χ0) is 22.1. The Morgan fingerprint density at radius 1 is 0.839 bits per heavy atom. The molecule has 0 spiro atoms. The zero-order valence-corrected chi connectivity index (χ0v) is 17.3. The third kappa shape index (κ3) is 5.96. The molecule has 0 saturated carbocycles. The van der Waals surface area contributed by atoms with Crippen LogP contribution in [0.3, 0.4) is 0 Å². The molecule has 0 atom stereocenters. The average Bonchev–Trinajstić information content (AvgIpc) is 2.82. The molecule has 3 aromatic rings. The number of ether oxygens (including phenoxy) is 3. The molecular weight excluding hydrogens is 394 g/mol. The van der Waals surface area contributed by atoms with Crippen molar-refractivity contribution in [3.8, 4) is 22.6 Å². The number of rotatable bonds is 8. The summed E-state index contributed by atoms with van der Waals surface area (Å²) >= 11 is 0. The number of hydrogen-bond donors (Lipinski definition) is 1. The van der Waals surface area contributed by atoms with Crippen LogP contribution in [0.4, 0.5) is 5.69 Å². The van der Waals surface area contributed by atoms with Gasteiger partial charge >= 0.3 is 5.97 Å². The van der Waals surface area contributed by atoms with E-state index in [0.29, 0.717) is 22.7 Å². The quantitative estimate of drug-likeness (QED) is 0.429. The first kappa shape index (κ1) is 21.6. The molecule has 0 aromatic heterocycles. The van der Waals surface area contributed by atoms with Crippen LogP contribution in [0.15, 0.2) is 78.9 Å². The molecule has 0 bridgehead atoms. The summed E-state index contributed by atoms with van der Waals surface area (Å²) in [6, 6.07) is 22.7. The highest BCUT2D eigenvalue weighted by molar-refractivity contribution is 5.95. The van der Waals surface area contributed by atoms with Crippen molar-refractivity contribution in [1.82, 2.24) is 0 Å². The van der Waals surface area contributed by atoms with Gasteiger partial charge in [-0.2, -0.15) is 0 Å². The molecule has 0 radical (unpaired) electrons. The monoisotopic (exact) mass is 417 g/mol. The maximum Gasteiger partial charge on any atom is 0.331 e. The maximum atomic E-state index is 12.1. The summed E-state index contributed by atoms with van der Waals surface area (Å²) in [4.78, 5) is 24.0. The summed E-state index contributed by atoms with van der Waals surface area (Å²) in [7, 11) is 3.05. The lowest BCUT2D eigenvalue weighted by atomic mass is 10.1. The van der Waals surface area contributed by atoms with Gasteiger partial charge in [0.2, 0.25) is 0 Å². The predicted octanol–water partition coefficient (Wildman–Crippen LogP) is 4.57. The first-order chi connectivity index (χ1) is 15.1. The van der Waals surface area contributed by atoms with E-state index < -0.39 is 18.5 Å². The van der Waals surface area contributed by atoms with Crippen molar-refractivity contribution < 1.29 is 23.8 Å². The lowest BCUT2D eigenvalue weighted by Crippen LogP contribution is -2.20. The molecule has 0 aliphatic carbocycles. The minimum atomic E-state index is -0.639. The van der Waals surface area contributed by atoms with Gasteiger partial charge < -0.3 is 19.5 Å². The summed E-state index contributed by atoms with van der Waals surface area (Å²) in [6.45, 7) is -0.390. The number of para-hydroxylation sites is 1. The fourth-order valence-corrected chi connectivity index (χ4v) is 2.96. The van der Waals surface area contributed by atoms with E-state index >= 15 is 0 Å². The van der Waals surface area contributed by atoms with Gasteiger partial charge in [-0.1, -0.05) is 54.6 Å². The molecule has 3 rings (SSSR count). The van der Waals surface area contributed by atoms with Gasteiger partial charge in [0.1, 0.15) is 0 Å². The van der Waals surface area contributed by atoms with Crippen molar-refractivity contribution in [2.75, 3.05) is 26.1 Å². The Labute approximate surface area is 181 Å². The lowest BCUT2D eigenvalue weighted by Gasteiger charge is -2.09. The maximum absolute atomic E-state index is 12.1. The van der Waals surface area contributed by atoms with Crippen LogP contribution >= 0.6 is 0 Å². The van der Waals surface area contributed by atoms with Gasteiger partial charge in [0.25, 0.3) is 5.91 Å². The summed E-state index contributed by atoms with van der Waals surface area (Å²) < 4.78 is 15.5. The standard InChI is InChI=1S/C25H23NO5/c1-29-22-10-6-9-20(25(22)30-2)13-16-24(28)31-17-23(27)26-21-14-11-19(12-15-21)18-7-4-3-5-8-18/h3-16H,17H2,1-2H3,(H,26,27)/b16-13+. The number of nitrogens with one attached hydrogen (secondary N) is 1. The highest BCUT2D eigenvalue weighted by Crippen LogP contribution is 2.31. The van der Waals surface area contributed by atoms with Gasteiger partial charge in [-0.15, -0.1) is 0 Å². The van der Waals surface area contributed by atoms with Gasteiger partial charge in [-0.25, -0.2) is 4.79 Å². The molecule has 6 nitrogen and oxygen atoms in total. The van der Waals surface area contributed by atoms with Crippen molar-refractivity contribution in [2.24, 2.45) is 0 Å². The number of esters is 1. The molecule has 0 aliphatic heterocycles. The van der Waals surface area contributed by atoms with E-state index in [9.17, 15) is 9.59 Å². The first-order valence-electron chi connectivity index (χ1n) is 9.62. The number of methoxy groups -OCH3 is 2. The Balaban J connectivity index is 1.52. The Morgan fingerprint density at radius 3 is 2.23 bits per heavy atom. The van der Waals surface area contributed by atoms with Gasteiger partial charge in [-0.05, 0) is 35.4 Å². The highest BCUT2D eigenvalue weighted by atomic mass is 16.5. The van der Waals surface area contributed by atoms with Gasteiger partial charge in [0, 0.05) is 17.3 Å². The van der Waals surface area contributed by atoms with Gasteiger partial charge in [-0.3, -0.25) is 4.79 Å². The van der Waals surface area contributed by atoms with Crippen LogP contribution in [0.5, 0.6) is 11.5 Å². The minimum absolute atomic E-state index is 0.390. The molecule has 1 N–H and O–H groups in total. The summed E-state index contributed by atoms with van der Waals surface area (Å²) in [5.41, 5.74) is 3.41. The minimum Gasteiger partial charge on any atom is -0.493 e. The molecule has 0 saturated heterocycles. The summed E-state index contributed by atoms with van der Waals surface area (Å²) in [5.74, 6) is -0.00552. The number of hydrogen-bond acceptors (Lipinski definition) is 5. The fraction of sp³-hybridized carbons (Fsp3) is 0.120. The second-order valence-electron chi connectivity index (χ2n) is 6.52. The van der Waals surface area contributed by atoms with Crippen LogP contribution in [-0.2, 0) is 14.3 Å². The van der Waals surface area contributed by atoms with E-state index in [0.717, 1.165) is 11.1 Å².